The van der Waals surface area contributed by atoms with E-state index in [1.165, 1.54) is 10.6 Å². The molecule has 0 fully saturated rings. The van der Waals surface area contributed by atoms with Crippen molar-refractivity contribution in [2.24, 2.45) is 0 Å². The summed E-state index contributed by atoms with van der Waals surface area (Å²) < 4.78 is 2.21. The molecular formula is C8H5BrN2O2. The van der Waals surface area contributed by atoms with Gasteiger partial charge in [0.05, 0.1) is 11.7 Å². The number of carbonyl (C=O) groups is 1. The predicted octanol–water partition coefficient (Wildman–Crippen LogP) is 1.79. The van der Waals surface area contributed by atoms with Crippen LogP contribution < -0.4 is 0 Å². The van der Waals surface area contributed by atoms with Crippen molar-refractivity contribution >= 4 is 27.4 Å². The first-order chi connectivity index (χ1) is 6.20. The number of pyridine rings is 1. The van der Waals surface area contributed by atoms with E-state index in [1.54, 1.807) is 18.3 Å². The van der Waals surface area contributed by atoms with Gasteiger partial charge in [0.1, 0.15) is 0 Å². The van der Waals surface area contributed by atoms with E-state index in [0.29, 0.717) is 0 Å². The molecule has 13 heavy (non-hydrogen) atoms. The normalized spacial score (nSPS) is 10.5. The van der Waals surface area contributed by atoms with Crippen LogP contribution in [0.25, 0.3) is 5.52 Å². The quantitative estimate of drug-likeness (QED) is 0.828. The standard InChI is InChI=1S/C8H5BrN2O2/c9-5-1-2-7(8(12)13)11-6(5)3-4-10-11/h1-4H,(H,12,13). The van der Waals surface area contributed by atoms with Crippen LogP contribution in [0.1, 0.15) is 10.5 Å². The Kier molecular flexibility index (Phi) is 1.81. The molecule has 1 N–H and O–H groups in total. The summed E-state index contributed by atoms with van der Waals surface area (Å²) >= 11 is 3.31. The second-order valence-electron chi connectivity index (χ2n) is 2.50. The summed E-state index contributed by atoms with van der Waals surface area (Å²) in [6.07, 6.45) is 1.56. The number of halogens is 1. The fourth-order valence-electron chi connectivity index (χ4n) is 1.15. The second-order valence-corrected chi connectivity index (χ2v) is 3.35. The number of fused-ring (bicyclic) bond motifs is 1. The van der Waals surface area contributed by atoms with Gasteiger partial charge in [0.15, 0.2) is 5.69 Å². The third-order valence-corrected chi connectivity index (χ3v) is 2.39. The SMILES string of the molecule is O=C(O)c1ccc(Br)c2ccnn12. The van der Waals surface area contributed by atoms with Crippen LogP contribution >= 0.6 is 15.9 Å². The second kappa shape index (κ2) is 2.85. The molecule has 2 rings (SSSR count). The largest absolute Gasteiger partial charge is 0.477 e. The smallest absolute Gasteiger partial charge is 0.354 e. The highest BCUT2D eigenvalue weighted by Crippen LogP contribution is 2.18. The summed E-state index contributed by atoms with van der Waals surface area (Å²) in [5.41, 5.74) is 0.906. The van der Waals surface area contributed by atoms with Crippen LogP contribution in [-0.4, -0.2) is 20.7 Å². The first-order valence-corrected chi connectivity index (χ1v) is 4.35. The minimum absolute atomic E-state index is 0.156. The minimum atomic E-state index is -0.985. The third-order valence-electron chi connectivity index (χ3n) is 1.72. The van der Waals surface area contributed by atoms with Crippen LogP contribution in [0.2, 0.25) is 0 Å². The average Bonchev–Trinajstić information content (AvgIpc) is 2.53. The van der Waals surface area contributed by atoms with Crippen LogP contribution in [0.4, 0.5) is 0 Å². The molecule has 0 unspecified atom stereocenters. The summed E-state index contributed by atoms with van der Waals surface area (Å²) in [7, 11) is 0. The molecule has 0 saturated heterocycles. The highest BCUT2D eigenvalue weighted by molar-refractivity contribution is 9.10. The van der Waals surface area contributed by atoms with Crippen molar-refractivity contribution < 1.29 is 9.90 Å². The predicted molar refractivity (Wildman–Crippen MR) is 49.9 cm³/mol. The summed E-state index contributed by atoms with van der Waals surface area (Å²) in [5, 5.41) is 12.7. The molecule has 0 spiro atoms. The highest BCUT2D eigenvalue weighted by atomic mass is 79.9. The van der Waals surface area contributed by atoms with E-state index in [9.17, 15) is 4.79 Å². The zero-order valence-corrected chi connectivity index (χ0v) is 8.02. The number of carboxylic acids is 1. The number of carboxylic acid groups (broad SMARTS) is 1. The van der Waals surface area contributed by atoms with E-state index < -0.39 is 5.97 Å². The first-order valence-electron chi connectivity index (χ1n) is 3.55. The molecule has 0 aliphatic heterocycles. The molecule has 2 heterocycles. The molecule has 66 valence electrons. The van der Waals surface area contributed by atoms with Crippen LogP contribution in [0.15, 0.2) is 28.9 Å². The number of nitrogens with zero attached hydrogens (tertiary/aromatic N) is 2. The Morgan fingerprint density at radius 1 is 1.46 bits per heavy atom. The molecule has 0 radical (unpaired) electrons. The van der Waals surface area contributed by atoms with Gasteiger partial charge in [-0.25, -0.2) is 9.31 Å². The monoisotopic (exact) mass is 240 g/mol. The van der Waals surface area contributed by atoms with E-state index in [2.05, 4.69) is 21.0 Å². The number of hydrogen-bond donors (Lipinski definition) is 1. The van der Waals surface area contributed by atoms with Crippen LogP contribution in [-0.2, 0) is 0 Å². The van der Waals surface area contributed by atoms with Gasteiger partial charge in [-0.05, 0) is 34.1 Å². The molecule has 0 aliphatic rings. The molecule has 0 aliphatic carbocycles. The van der Waals surface area contributed by atoms with Gasteiger partial charge >= 0.3 is 5.97 Å². The van der Waals surface area contributed by atoms with Crippen molar-refractivity contribution in [1.82, 2.24) is 9.61 Å². The summed E-state index contributed by atoms with van der Waals surface area (Å²) in [6.45, 7) is 0. The number of aromatic carboxylic acids is 1. The molecule has 0 saturated carbocycles. The lowest BCUT2D eigenvalue weighted by atomic mass is 10.3. The fourth-order valence-corrected chi connectivity index (χ4v) is 1.58. The molecule has 0 bridgehead atoms. The molecule has 5 heteroatoms. The number of aromatic nitrogens is 2. The maximum atomic E-state index is 10.7. The van der Waals surface area contributed by atoms with Crippen LogP contribution in [0, 0.1) is 0 Å². The number of hydrogen-bond acceptors (Lipinski definition) is 2. The summed E-state index contributed by atoms with van der Waals surface area (Å²) in [4.78, 5) is 10.7. The Balaban J connectivity index is 2.86. The van der Waals surface area contributed by atoms with Gasteiger partial charge in [-0.1, -0.05) is 0 Å². The Morgan fingerprint density at radius 3 is 2.92 bits per heavy atom. The zero-order valence-electron chi connectivity index (χ0n) is 6.44. The third kappa shape index (κ3) is 1.21. The fraction of sp³-hybridized carbons (Fsp3) is 0. The van der Waals surface area contributed by atoms with Crippen LogP contribution in [0.3, 0.4) is 0 Å². The van der Waals surface area contributed by atoms with Crippen molar-refractivity contribution in [3.05, 3.63) is 34.6 Å². The van der Waals surface area contributed by atoms with Crippen molar-refractivity contribution in [2.75, 3.05) is 0 Å². The molecular weight excluding hydrogens is 236 g/mol. The van der Waals surface area contributed by atoms with Gasteiger partial charge in [-0.3, -0.25) is 0 Å². The van der Waals surface area contributed by atoms with Crippen molar-refractivity contribution in [2.45, 2.75) is 0 Å². The van der Waals surface area contributed by atoms with E-state index in [4.69, 9.17) is 5.11 Å². The Bertz CT molecular complexity index is 478. The Labute approximate surface area is 81.9 Å². The topological polar surface area (TPSA) is 54.6 Å². The van der Waals surface area contributed by atoms with Gasteiger partial charge in [0.25, 0.3) is 0 Å². The molecule has 0 amide bonds. The average molecular weight is 241 g/mol. The summed E-state index contributed by atoms with van der Waals surface area (Å²) in [6, 6.07) is 4.95. The van der Waals surface area contributed by atoms with E-state index in [1.807, 2.05) is 0 Å². The maximum Gasteiger partial charge on any atom is 0.354 e. The lowest BCUT2D eigenvalue weighted by molar-refractivity contribution is 0.0687. The molecule has 2 aromatic rings. The van der Waals surface area contributed by atoms with Crippen molar-refractivity contribution in [3.63, 3.8) is 0 Å². The van der Waals surface area contributed by atoms with E-state index in [-0.39, 0.29) is 5.69 Å². The van der Waals surface area contributed by atoms with Gasteiger partial charge in [0.2, 0.25) is 0 Å². The van der Waals surface area contributed by atoms with E-state index >= 15 is 0 Å². The maximum absolute atomic E-state index is 10.7. The summed E-state index contributed by atoms with van der Waals surface area (Å²) in [5.74, 6) is -0.985. The van der Waals surface area contributed by atoms with Gasteiger partial charge in [0, 0.05) is 4.47 Å². The van der Waals surface area contributed by atoms with Crippen LogP contribution in [0.5, 0.6) is 0 Å². The lowest BCUT2D eigenvalue weighted by Gasteiger charge is -2.00. The van der Waals surface area contributed by atoms with E-state index in [0.717, 1.165) is 9.99 Å². The zero-order chi connectivity index (χ0) is 9.42. The Hall–Kier alpha value is -1.36. The first kappa shape index (κ1) is 8.25. The molecule has 0 aromatic carbocycles. The van der Waals surface area contributed by atoms with Gasteiger partial charge < -0.3 is 5.11 Å². The van der Waals surface area contributed by atoms with Crippen molar-refractivity contribution in [3.8, 4) is 0 Å². The highest BCUT2D eigenvalue weighted by Gasteiger charge is 2.09. The lowest BCUT2D eigenvalue weighted by Crippen LogP contribution is -2.05. The molecule has 2 aromatic heterocycles. The molecule has 4 nitrogen and oxygen atoms in total. The number of rotatable bonds is 1. The van der Waals surface area contributed by atoms with Gasteiger partial charge in [-0.15, -0.1) is 0 Å². The van der Waals surface area contributed by atoms with Crippen molar-refractivity contribution in [1.29, 1.82) is 0 Å². The Morgan fingerprint density at radius 2 is 2.23 bits per heavy atom. The minimum Gasteiger partial charge on any atom is -0.477 e. The van der Waals surface area contributed by atoms with Gasteiger partial charge in [-0.2, -0.15) is 5.10 Å². The molecule has 0 atom stereocenters.